The minimum Gasteiger partial charge on any atom is -0.495 e. The number of anilines is 1. The van der Waals surface area contributed by atoms with Crippen LogP contribution in [0.15, 0.2) is 35.2 Å². The van der Waals surface area contributed by atoms with Gasteiger partial charge in [0.2, 0.25) is 10.0 Å². The van der Waals surface area contributed by atoms with Crippen LogP contribution >= 0.6 is 11.6 Å². The molecule has 2 aliphatic heterocycles. The molecule has 8 nitrogen and oxygen atoms in total. The van der Waals surface area contributed by atoms with E-state index in [0.29, 0.717) is 36.9 Å². The number of benzene rings is 2. The predicted octanol–water partition coefficient (Wildman–Crippen LogP) is 3.94. The average molecular weight is 481 g/mol. The summed E-state index contributed by atoms with van der Waals surface area (Å²) in [7, 11) is -2.43. The van der Waals surface area contributed by atoms with Crippen molar-refractivity contribution in [2.75, 3.05) is 32.2 Å². The lowest BCUT2D eigenvalue weighted by molar-refractivity contribution is 0.102. The zero-order valence-electron chi connectivity index (χ0n) is 17.9. The Labute approximate surface area is 192 Å². The van der Waals surface area contributed by atoms with Gasteiger partial charge < -0.3 is 19.5 Å². The van der Waals surface area contributed by atoms with Crippen molar-refractivity contribution >= 4 is 33.2 Å². The van der Waals surface area contributed by atoms with Gasteiger partial charge in [-0.25, -0.2) is 8.42 Å². The fourth-order valence-electron chi connectivity index (χ4n) is 3.93. The van der Waals surface area contributed by atoms with Crippen LogP contribution in [0.5, 0.6) is 17.2 Å². The van der Waals surface area contributed by atoms with E-state index in [9.17, 15) is 13.2 Å². The normalized spacial score (nSPS) is 18.8. The number of rotatable bonds is 5. The van der Waals surface area contributed by atoms with Gasteiger partial charge in [0.05, 0.1) is 17.8 Å². The number of fused-ring (bicyclic) bond motifs is 1. The molecule has 32 heavy (non-hydrogen) atoms. The number of methoxy groups -OCH3 is 1. The number of ether oxygens (including phenoxy) is 3. The van der Waals surface area contributed by atoms with E-state index in [1.165, 1.54) is 29.6 Å². The molecule has 1 N–H and O–H groups in total. The quantitative estimate of drug-likeness (QED) is 0.696. The van der Waals surface area contributed by atoms with Gasteiger partial charge in [-0.15, -0.1) is 0 Å². The summed E-state index contributed by atoms with van der Waals surface area (Å²) in [5, 5.41) is 3.01. The zero-order valence-corrected chi connectivity index (χ0v) is 19.5. The topological polar surface area (TPSA) is 94.2 Å². The van der Waals surface area contributed by atoms with Gasteiger partial charge >= 0.3 is 0 Å². The van der Waals surface area contributed by atoms with Crippen molar-refractivity contribution in [3.05, 3.63) is 40.9 Å². The Morgan fingerprint density at radius 3 is 2.56 bits per heavy atom. The Balaban J connectivity index is 1.64. The third-order valence-corrected chi connectivity index (χ3v) is 7.98. The first kappa shape index (κ1) is 22.7. The molecule has 1 unspecified atom stereocenters. The number of halogens is 1. The van der Waals surface area contributed by atoms with Gasteiger partial charge in [0, 0.05) is 30.3 Å². The summed E-state index contributed by atoms with van der Waals surface area (Å²) in [5.41, 5.74) is 0.505. The molecule has 0 bridgehead atoms. The molecule has 0 aromatic heterocycles. The Hall–Kier alpha value is -2.49. The third kappa shape index (κ3) is 4.37. The second-order valence-corrected chi connectivity index (χ2v) is 10.0. The highest BCUT2D eigenvalue weighted by Crippen LogP contribution is 2.38. The van der Waals surface area contributed by atoms with Gasteiger partial charge in [-0.2, -0.15) is 4.31 Å². The van der Waals surface area contributed by atoms with Crippen molar-refractivity contribution in [3.63, 3.8) is 0 Å². The number of carbonyl (C=O) groups excluding carboxylic acids is 1. The summed E-state index contributed by atoms with van der Waals surface area (Å²) in [4.78, 5) is 12.9. The summed E-state index contributed by atoms with van der Waals surface area (Å²) in [6, 6.07) is 7.39. The van der Waals surface area contributed by atoms with Crippen LogP contribution in [-0.4, -0.2) is 51.5 Å². The molecule has 0 saturated carbocycles. The minimum absolute atomic E-state index is 0.0327. The number of hydrogen-bond donors (Lipinski definition) is 1. The largest absolute Gasteiger partial charge is 0.495 e. The van der Waals surface area contributed by atoms with E-state index in [1.807, 2.05) is 6.92 Å². The number of nitrogens with one attached hydrogen (secondary N) is 1. The van der Waals surface area contributed by atoms with Crippen molar-refractivity contribution in [3.8, 4) is 17.2 Å². The van der Waals surface area contributed by atoms with Crippen LogP contribution in [0.1, 0.15) is 36.5 Å². The molecular weight excluding hydrogens is 456 g/mol. The molecule has 0 radical (unpaired) electrons. The standard InChI is InChI=1S/C22H25ClN2O6S/c1-14-5-3-4-8-25(14)32(27,28)21-11-15(6-7-18(21)29-2)22(26)24-17-13-20-19(12-16(17)23)30-9-10-31-20/h6-7,11-14H,3-5,8-10H2,1-2H3,(H,24,26). The lowest BCUT2D eigenvalue weighted by atomic mass is 10.1. The Kier molecular flexibility index (Phi) is 6.50. The summed E-state index contributed by atoms with van der Waals surface area (Å²) < 4.78 is 44.6. The fraction of sp³-hybridized carbons (Fsp3) is 0.409. The zero-order chi connectivity index (χ0) is 22.9. The molecule has 2 aliphatic rings. The van der Waals surface area contributed by atoms with Gasteiger partial charge in [0.25, 0.3) is 5.91 Å². The number of amides is 1. The Morgan fingerprint density at radius 1 is 1.16 bits per heavy atom. The highest BCUT2D eigenvalue weighted by molar-refractivity contribution is 7.89. The van der Waals surface area contributed by atoms with E-state index in [0.717, 1.165) is 19.3 Å². The van der Waals surface area contributed by atoms with Crippen LogP contribution < -0.4 is 19.5 Å². The molecule has 4 rings (SSSR count). The Bertz CT molecular complexity index is 1140. The molecule has 10 heteroatoms. The first-order valence-corrected chi connectivity index (χ1v) is 12.2. The van der Waals surface area contributed by atoms with Gasteiger partial charge in [0.1, 0.15) is 23.9 Å². The van der Waals surface area contributed by atoms with Crippen LogP contribution in [0.25, 0.3) is 0 Å². The van der Waals surface area contributed by atoms with Crippen molar-refractivity contribution in [1.82, 2.24) is 4.31 Å². The van der Waals surface area contributed by atoms with Gasteiger partial charge in [-0.3, -0.25) is 4.79 Å². The monoisotopic (exact) mass is 480 g/mol. The maximum absolute atomic E-state index is 13.4. The van der Waals surface area contributed by atoms with Crippen LogP contribution in [0.4, 0.5) is 5.69 Å². The number of carbonyl (C=O) groups is 1. The van der Waals surface area contributed by atoms with Crippen LogP contribution in [0.3, 0.4) is 0 Å². The molecule has 0 spiro atoms. The van der Waals surface area contributed by atoms with Crippen LogP contribution in [0.2, 0.25) is 5.02 Å². The molecule has 1 amide bonds. The molecule has 2 heterocycles. The molecular formula is C22H25ClN2O6S. The van der Waals surface area contributed by atoms with Crippen molar-refractivity contribution in [2.45, 2.75) is 37.1 Å². The number of piperidine rings is 1. The second kappa shape index (κ2) is 9.17. The highest BCUT2D eigenvalue weighted by Gasteiger charge is 2.33. The number of nitrogens with zero attached hydrogens (tertiary/aromatic N) is 1. The molecule has 2 aromatic carbocycles. The van der Waals surface area contributed by atoms with E-state index in [-0.39, 0.29) is 27.3 Å². The van der Waals surface area contributed by atoms with Crippen molar-refractivity contribution < 1.29 is 27.4 Å². The van der Waals surface area contributed by atoms with E-state index in [1.54, 1.807) is 12.1 Å². The predicted molar refractivity (Wildman–Crippen MR) is 121 cm³/mol. The van der Waals surface area contributed by atoms with Gasteiger partial charge in [-0.05, 0) is 38.0 Å². The van der Waals surface area contributed by atoms with Crippen molar-refractivity contribution in [1.29, 1.82) is 0 Å². The van der Waals surface area contributed by atoms with E-state index in [4.69, 9.17) is 25.8 Å². The first-order chi connectivity index (χ1) is 15.3. The average Bonchev–Trinajstić information content (AvgIpc) is 2.79. The molecule has 1 atom stereocenters. The third-order valence-electron chi connectivity index (χ3n) is 5.63. The van der Waals surface area contributed by atoms with Crippen molar-refractivity contribution in [2.24, 2.45) is 0 Å². The maximum atomic E-state index is 13.4. The Morgan fingerprint density at radius 2 is 1.88 bits per heavy atom. The summed E-state index contributed by atoms with van der Waals surface area (Å²) in [5.74, 6) is 0.673. The van der Waals surface area contributed by atoms with E-state index >= 15 is 0 Å². The lowest BCUT2D eigenvalue weighted by Gasteiger charge is -2.32. The molecule has 2 aromatic rings. The smallest absolute Gasteiger partial charge is 0.255 e. The SMILES string of the molecule is COc1ccc(C(=O)Nc2cc3c(cc2Cl)OCCO3)cc1S(=O)(=O)N1CCCCC1C. The number of sulfonamides is 1. The molecule has 1 saturated heterocycles. The summed E-state index contributed by atoms with van der Waals surface area (Å²) in [6.07, 6.45) is 2.59. The lowest BCUT2D eigenvalue weighted by Crippen LogP contribution is -2.42. The van der Waals surface area contributed by atoms with Gasteiger partial charge in [0.15, 0.2) is 11.5 Å². The fourth-order valence-corrected chi connectivity index (χ4v) is 6.01. The highest BCUT2D eigenvalue weighted by atomic mass is 35.5. The van der Waals surface area contributed by atoms with E-state index < -0.39 is 15.9 Å². The molecule has 0 aliphatic carbocycles. The molecule has 1 fully saturated rings. The van der Waals surface area contributed by atoms with Gasteiger partial charge in [-0.1, -0.05) is 18.0 Å². The van der Waals surface area contributed by atoms with Crippen LogP contribution in [0, 0.1) is 0 Å². The maximum Gasteiger partial charge on any atom is 0.255 e. The number of hydrogen-bond acceptors (Lipinski definition) is 6. The first-order valence-electron chi connectivity index (χ1n) is 10.4. The van der Waals surface area contributed by atoms with E-state index in [2.05, 4.69) is 5.32 Å². The molecule has 172 valence electrons. The summed E-state index contributed by atoms with van der Waals surface area (Å²) in [6.45, 7) is 3.16. The minimum atomic E-state index is -3.84. The summed E-state index contributed by atoms with van der Waals surface area (Å²) >= 11 is 6.29. The second-order valence-electron chi connectivity index (χ2n) is 7.76. The van der Waals surface area contributed by atoms with Crippen LogP contribution in [-0.2, 0) is 10.0 Å².